The zero-order valence-corrected chi connectivity index (χ0v) is 7.01. The highest BCUT2D eigenvalue weighted by molar-refractivity contribution is 4.97. The van der Waals surface area contributed by atoms with E-state index in [4.69, 9.17) is 0 Å². The van der Waals surface area contributed by atoms with Crippen LogP contribution in [0.4, 0.5) is 0 Å². The summed E-state index contributed by atoms with van der Waals surface area (Å²) in [6.07, 6.45) is 5.87. The molecule has 58 valence electrons. The molecule has 1 saturated heterocycles. The average Bonchev–Trinajstić information content (AvgIpc) is 2.64. The zero-order chi connectivity index (χ0) is 7.14. The summed E-state index contributed by atoms with van der Waals surface area (Å²) in [5.41, 5.74) is 0. The summed E-state index contributed by atoms with van der Waals surface area (Å²) >= 11 is 0. The third kappa shape index (κ3) is 0.968. The summed E-state index contributed by atoms with van der Waals surface area (Å²) in [5, 5.41) is 0. The molecule has 0 spiro atoms. The maximum atomic E-state index is 2.58. The normalized spacial score (nSPS) is 48.0. The Kier molecular flexibility index (Phi) is 1.48. The molecular weight excluding hydrogens is 122 g/mol. The van der Waals surface area contributed by atoms with Crippen molar-refractivity contribution in [2.45, 2.75) is 44.7 Å². The van der Waals surface area contributed by atoms with E-state index in [1.54, 1.807) is 0 Å². The van der Waals surface area contributed by atoms with Gasteiger partial charge in [-0.05, 0) is 39.2 Å². The summed E-state index contributed by atoms with van der Waals surface area (Å²) in [6.45, 7) is 2.36. The predicted molar refractivity (Wildman–Crippen MR) is 43.0 cm³/mol. The molecule has 0 radical (unpaired) electrons. The molecule has 0 aromatic rings. The van der Waals surface area contributed by atoms with Crippen molar-refractivity contribution in [1.29, 1.82) is 0 Å². The molecule has 1 aliphatic heterocycles. The van der Waals surface area contributed by atoms with E-state index in [-0.39, 0.29) is 0 Å². The minimum Gasteiger partial charge on any atom is -0.300 e. The van der Waals surface area contributed by atoms with Crippen LogP contribution in [-0.4, -0.2) is 24.0 Å². The monoisotopic (exact) mass is 139 g/mol. The minimum absolute atomic E-state index is 0.845. The Morgan fingerprint density at radius 1 is 1.30 bits per heavy atom. The summed E-state index contributed by atoms with van der Waals surface area (Å²) in [5.74, 6) is 1.08. The molecule has 3 atom stereocenters. The molecule has 1 heterocycles. The lowest BCUT2D eigenvalue weighted by atomic mass is 10.1. The standard InChI is InChI=1S/C9H17N/c1-7-4-3-5-8-6-9(8)10(7)2/h7-9H,3-6H2,1-2H3. The SMILES string of the molecule is CC1CCCC2CC2N1C. The van der Waals surface area contributed by atoms with Gasteiger partial charge in [0.2, 0.25) is 0 Å². The molecule has 2 rings (SSSR count). The van der Waals surface area contributed by atoms with Crippen molar-refractivity contribution in [3.63, 3.8) is 0 Å². The summed E-state index contributed by atoms with van der Waals surface area (Å²) in [4.78, 5) is 2.58. The maximum Gasteiger partial charge on any atom is 0.0127 e. The van der Waals surface area contributed by atoms with Crippen LogP contribution in [0.2, 0.25) is 0 Å². The molecule has 0 N–H and O–H groups in total. The first-order chi connectivity index (χ1) is 4.79. The molecule has 2 aliphatic rings. The lowest BCUT2D eigenvalue weighted by molar-refractivity contribution is 0.241. The van der Waals surface area contributed by atoms with Crippen molar-refractivity contribution < 1.29 is 0 Å². The fourth-order valence-electron chi connectivity index (χ4n) is 2.25. The fraction of sp³-hybridized carbons (Fsp3) is 1.00. The van der Waals surface area contributed by atoms with Crippen molar-refractivity contribution in [1.82, 2.24) is 4.90 Å². The largest absolute Gasteiger partial charge is 0.300 e. The van der Waals surface area contributed by atoms with Crippen LogP contribution in [0.25, 0.3) is 0 Å². The quantitative estimate of drug-likeness (QED) is 0.495. The third-order valence-electron chi connectivity index (χ3n) is 3.30. The summed E-state index contributed by atoms with van der Waals surface area (Å²) in [7, 11) is 2.29. The Balaban J connectivity index is 2.01. The van der Waals surface area contributed by atoms with Gasteiger partial charge in [-0.3, -0.25) is 0 Å². The smallest absolute Gasteiger partial charge is 0.0127 e. The Morgan fingerprint density at radius 3 is 2.90 bits per heavy atom. The van der Waals surface area contributed by atoms with Crippen LogP contribution in [0.3, 0.4) is 0 Å². The molecule has 0 bridgehead atoms. The molecule has 1 aliphatic carbocycles. The molecule has 0 aromatic carbocycles. The van der Waals surface area contributed by atoms with E-state index < -0.39 is 0 Å². The topological polar surface area (TPSA) is 3.24 Å². The van der Waals surface area contributed by atoms with E-state index in [1.807, 2.05) is 0 Å². The molecular formula is C9H17N. The van der Waals surface area contributed by atoms with E-state index >= 15 is 0 Å². The van der Waals surface area contributed by atoms with Crippen LogP contribution < -0.4 is 0 Å². The number of likely N-dealkylation sites (tertiary alicyclic amines) is 1. The molecule has 1 saturated carbocycles. The van der Waals surface area contributed by atoms with Gasteiger partial charge < -0.3 is 4.90 Å². The van der Waals surface area contributed by atoms with Gasteiger partial charge in [0.25, 0.3) is 0 Å². The van der Waals surface area contributed by atoms with Crippen LogP contribution in [0.1, 0.15) is 32.6 Å². The second kappa shape index (κ2) is 2.23. The van der Waals surface area contributed by atoms with Gasteiger partial charge in [0, 0.05) is 12.1 Å². The van der Waals surface area contributed by atoms with Crippen LogP contribution in [0.5, 0.6) is 0 Å². The molecule has 2 fully saturated rings. The first kappa shape index (κ1) is 6.66. The number of fused-ring (bicyclic) bond motifs is 1. The first-order valence-electron chi connectivity index (χ1n) is 4.51. The van der Waals surface area contributed by atoms with E-state index in [2.05, 4.69) is 18.9 Å². The minimum atomic E-state index is 0.845. The van der Waals surface area contributed by atoms with Gasteiger partial charge >= 0.3 is 0 Å². The van der Waals surface area contributed by atoms with E-state index in [0.717, 1.165) is 18.0 Å². The van der Waals surface area contributed by atoms with Crippen LogP contribution >= 0.6 is 0 Å². The average molecular weight is 139 g/mol. The Hall–Kier alpha value is -0.0400. The van der Waals surface area contributed by atoms with Crippen LogP contribution in [-0.2, 0) is 0 Å². The third-order valence-corrected chi connectivity index (χ3v) is 3.30. The van der Waals surface area contributed by atoms with Gasteiger partial charge in [0.15, 0.2) is 0 Å². The highest BCUT2D eigenvalue weighted by atomic mass is 15.2. The molecule has 3 unspecified atom stereocenters. The van der Waals surface area contributed by atoms with E-state index in [9.17, 15) is 0 Å². The highest BCUT2D eigenvalue weighted by Crippen LogP contribution is 2.42. The van der Waals surface area contributed by atoms with Gasteiger partial charge in [-0.2, -0.15) is 0 Å². The van der Waals surface area contributed by atoms with Crippen molar-refractivity contribution >= 4 is 0 Å². The maximum absolute atomic E-state index is 2.58. The zero-order valence-electron chi connectivity index (χ0n) is 7.01. The van der Waals surface area contributed by atoms with Gasteiger partial charge in [-0.1, -0.05) is 6.42 Å². The first-order valence-corrected chi connectivity index (χ1v) is 4.51. The summed E-state index contributed by atoms with van der Waals surface area (Å²) in [6, 6.07) is 1.81. The molecule has 1 heteroatoms. The van der Waals surface area contributed by atoms with Crippen molar-refractivity contribution in [3.05, 3.63) is 0 Å². The van der Waals surface area contributed by atoms with Crippen LogP contribution in [0.15, 0.2) is 0 Å². The van der Waals surface area contributed by atoms with Crippen molar-refractivity contribution in [2.75, 3.05) is 7.05 Å². The van der Waals surface area contributed by atoms with Gasteiger partial charge in [-0.15, -0.1) is 0 Å². The Labute approximate surface area is 63.4 Å². The van der Waals surface area contributed by atoms with Gasteiger partial charge in [0.05, 0.1) is 0 Å². The predicted octanol–water partition coefficient (Wildman–Crippen LogP) is 1.88. The van der Waals surface area contributed by atoms with E-state index in [1.165, 1.54) is 25.7 Å². The van der Waals surface area contributed by atoms with Crippen molar-refractivity contribution in [2.24, 2.45) is 5.92 Å². The Bertz CT molecular complexity index is 131. The van der Waals surface area contributed by atoms with E-state index in [0.29, 0.717) is 0 Å². The molecule has 0 aromatic heterocycles. The highest BCUT2D eigenvalue weighted by Gasteiger charge is 2.42. The number of hydrogen-bond donors (Lipinski definition) is 0. The molecule has 1 nitrogen and oxygen atoms in total. The fourth-order valence-corrected chi connectivity index (χ4v) is 2.25. The number of rotatable bonds is 0. The second-order valence-electron chi connectivity index (χ2n) is 4.01. The van der Waals surface area contributed by atoms with Crippen molar-refractivity contribution in [3.8, 4) is 0 Å². The second-order valence-corrected chi connectivity index (χ2v) is 4.01. The number of hydrogen-bond acceptors (Lipinski definition) is 1. The summed E-state index contributed by atoms with van der Waals surface area (Å²) < 4.78 is 0. The Morgan fingerprint density at radius 2 is 2.10 bits per heavy atom. The lowest BCUT2D eigenvalue weighted by Gasteiger charge is -2.22. The molecule has 10 heavy (non-hydrogen) atoms. The number of nitrogens with zero attached hydrogens (tertiary/aromatic N) is 1. The van der Waals surface area contributed by atoms with Gasteiger partial charge in [-0.25, -0.2) is 0 Å². The lowest BCUT2D eigenvalue weighted by Crippen LogP contribution is -2.30. The molecule has 0 amide bonds. The van der Waals surface area contributed by atoms with Gasteiger partial charge in [0.1, 0.15) is 0 Å². The van der Waals surface area contributed by atoms with Crippen LogP contribution in [0, 0.1) is 5.92 Å².